The van der Waals surface area contributed by atoms with E-state index in [1.165, 1.54) is 0 Å². The Morgan fingerprint density at radius 1 is 1.26 bits per heavy atom. The van der Waals surface area contributed by atoms with Gasteiger partial charge in [-0.15, -0.1) is 24.0 Å². The average molecular weight is 371 g/mol. The van der Waals surface area contributed by atoms with E-state index in [0.29, 0.717) is 6.54 Å². The van der Waals surface area contributed by atoms with Crippen LogP contribution in [-0.2, 0) is 13.6 Å². The van der Waals surface area contributed by atoms with Gasteiger partial charge in [-0.2, -0.15) is 0 Å². The predicted molar refractivity (Wildman–Crippen MR) is 87.9 cm³/mol. The Morgan fingerprint density at radius 2 is 2.05 bits per heavy atom. The number of likely N-dealkylation sites (N-methyl/N-ethyl adjacent to an activating group) is 1. The first-order valence-corrected chi connectivity index (χ1v) is 6.15. The largest absolute Gasteiger partial charge is 0.349 e. The Balaban J connectivity index is 0.00000133. The van der Waals surface area contributed by atoms with Gasteiger partial charge in [0.25, 0.3) is 0 Å². The number of nitrogens with zero attached hydrogens (tertiary/aromatic N) is 4. The molecule has 5 nitrogen and oxygen atoms in total. The molecule has 2 heterocycles. The van der Waals surface area contributed by atoms with Gasteiger partial charge in [0.05, 0.1) is 24.1 Å². The second kappa shape index (κ2) is 5.77. The molecule has 0 bridgehead atoms. The fourth-order valence-corrected chi connectivity index (χ4v) is 2.24. The van der Waals surface area contributed by atoms with E-state index in [0.717, 1.165) is 35.9 Å². The second-order valence-electron chi connectivity index (χ2n) is 4.56. The fourth-order valence-electron chi connectivity index (χ4n) is 2.24. The maximum atomic E-state index is 4.63. The second-order valence-corrected chi connectivity index (χ2v) is 4.56. The van der Waals surface area contributed by atoms with Crippen LogP contribution in [0.15, 0.2) is 29.3 Å². The predicted octanol–water partition coefficient (Wildman–Crippen LogP) is 1.58. The lowest BCUT2D eigenvalue weighted by molar-refractivity contribution is 0.531. The number of aromatic nitrogens is 2. The zero-order chi connectivity index (χ0) is 12.5. The van der Waals surface area contributed by atoms with Crippen LogP contribution in [0.1, 0.15) is 5.82 Å². The van der Waals surface area contributed by atoms with Crippen LogP contribution in [-0.4, -0.2) is 40.5 Å². The number of aliphatic imine (C=N–C) groups is 1. The van der Waals surface area contributed by atoms with Crippen molar-refractivity contribution in [3.05, 3.63) is 30.1 Å². The highest BCUT2D eigenvalue weighted by Gasteiger charge is 2.13. The molecule has 1 aromatic heterocycles. The summed E-state index contributed by atoms with van der Waals surface area (Å²) in [6, 6.07) is 8.18. The lowest BCUT2D eigenvalue weighted by Crippen LogP contribution is -2.35. The molecular formula is C13H18IN5. The van der Waals surface area contributed by atoms with E-state index >= 15 is 0 Å². The highest BCUT2D eigenvalue weighted by atomic mass is 127. The summed E-state index contributed by atoms with van der Waals surface area (Å²) in [6.07, 6.45) is 0. The van der Waals surface area contributed by atoms with Crippen LogP contribution in [0.5, 0.6) is 0 Å². The summed E-state index contributed by atoms with van der Waals surface area (Å²) in [7, 11) is 4.10. The molecule has 0 saturated carbocycles. The molecule has 2 aromatic rings. The van der Waals surface area contributed by atoms with Gasteiger partial charge >= 0.3 is 0 Å². The molecule has 1 aliphatic rings. The van der Waals surface area contributed by atoms with E-state index in [1.54, 1.807) is 0 Å². The third kappa shape index (κ3) is 2.68. The Labute approximate surface area is 129 Å². The number of fused-ring (bicyclic) bond motifs is 1. The van der Waals surface area contributed by atoms with Crippen LogP contribution in [0, 0.1) is 0 Å². The van der Waals surface area contributed by atoms with Gasteiger partial charge in [0.1, 0.15) is 5.82 Å². The molecule has 0 spiro atoms. The maximum absolute atomic E-state index is 4.63. The van der Waals surface area contributed by atoms with Gasteiger partial charge in [-0.25, -0.2) is 4.98 Å². The summed E-state index contributed by atoms with van der Waals surface area (Å²) >= 11 is 0. The molecule has 3 rings (SSSR count). The number of aryl methyl sites for hydroxylation is 1. The van der Waals surface area contributed by atoms with E-state index in [1.807, 2.05) is 32.3 Å². The summed E-state index contributed by atoms with van der Waals surface area (Å²) in [6.45, 7) is 2.57. The minimum absolute atomic E-state index is 0. The van der Waals surface area contributed by atoms with Crippen molar-refractivity contribution in [3.8, 4) is 0 Å². The van der Waals surface area contributed by atoms with Gasteiger partial charge in [-0.1, -0.05) is 12.1 Å². The van der Waals surface area contributed by atoms with Crippen molar-refractivity contribution >= 4 is 41.0 Å². The van der Waals surface area contributed by atoms with E-state index in [-0.39, 0.29) is 24.0 Å². The highest BCUT2D eigenvalue weighted by molar-refractivity contribution is 14.0. The standard InChI is InChI=1S/C13H17N5.HI/c1-17-8-7-14-13(17)15-9-12-16-10-5-3-4-6-11(10)18(12)2;/h3-6H,7-9H2,1-2H3,(H,14,15);1H. The molecule has 0 radical (unpaired) electrons. The van der Waals surface area contributed by atoms with Crippen LogP contribution in [0.4, 0.5) is 0 Å². The minimum atomic E-state index is 0. The molecule has 6 heteroatoms. The molecule has 0 saturated heterocycles. The first-order valence-electron chi connectivity index (χ1n) is 6.15. The van der Waals surface area contributed by atoms with Crippen molar-refractivity contribution in [2.75, 3.05) is 20.1 Å². The summed E-state index contributed by atoms with van der Waals surface area (Å²) in [4.78, 5) is 11.2. The van der Waals surface area contributed by atoms with Crippen molar-refractivity contribution in [3.63, 3.8) is 0 Å². The number of hydrogen-bond donors (Lipinski definition) is 1. The summed E-state index contributed by atoms with van der Waals surface area (Å²) in [5, 5.41) is 3.34. The van der Waals surface area contributed by atoms with E-state index in [4.69, 9.17) is 0 Å². The van der Waals surface area contributed by atoms with Crippen LogP contribution in [0.3, 0.4) is 0 Å². The number of benzene rings is 1. The number of guanidine groups is 1. The number of hydrogen-bond acceptors (Lipinski definition) is 4. The number of rotatable bonds is 2. The number of para-hydroxylation sites is 2. The van der Waals surface area contributed by atoms with E-state index in [9.17, 15) is 0 Å². The van der Waals surface area contributed by atoms with Crippen molar-refractivity contribution < 1.29 is 0 Å². The van der Waals surface area contributed by atoms with Gasteiger partial charge in [0.2, 0.25) is 0 Å². The quantitative estimate of drug-likeness (QED) is 0.816. The van der Waals surface area contributed by atoms with Gasteiger partial charge in [0.15, 0.2) is 5.96 Å². The van der Waals surface area contributed by atoms with Crippen LogP contribution in [0.25, 0.3) is 11.0 Å². The number of halogens is 1. The first-order chi connectivity index (χ1) is 8.75. The molecule has 0 atom stereocenters. The Morgan fingerprint density at radius 3 is 2.74 bits per heavy atom. The molecule has 0 aliphatic carbocycles. The van der Waals surface area contributed by atoms with Crippen LogP contribution < -0.4 is 5.32 Å². The molecule has 1 aromatic carbocycles. The summed E-state index contributed by atoms with van der Waals surface area (Å²) in [5.41, 5.74) is 2.20. The molecule has 0 amide bonds. The average Bonchev–Trinajstić information content (AvgIpc) is 2.92. The van der Waals surface area contributed by atoms with Crippen molar-refractivity contribution in [1.82, 2.24) is 19.8 Å². The first kappa shape index (κ1) is 14.1. The smallest absolute Gasteiger partial charge is 0.194 e. The number of nitrogens with one attached hydrogen (secondary N) is 1. The SMILES string of the molecule is CN1CCN=C1NCc1nc2ccccc2n1C.I. The topological polar surface area (TPSA) is 45.4 Å². The van der Waals surface area contributed by atoms with Crippen LogP contribution in [0.2, 0.25) is 0 Å². The van der Waals surface area contributed by atoms with Gasteiger partial charge < -0.3 is 14.8 Å². The third-order valence-corrected chi connectivity index (χ3v) is 3.34. The third-order valence-electron chi connectivity index (χ3n) is 3.34. The molecule has 0 fully saturated rings. The lowest BCUT2D eigenvalue weighted by Gasteiger charge is -2.14. The summed E-state index contributed by atoms with van der Waals surface area (Å²) in [5.74, 6) is 1.99. The maximum Gasteiger partial charge on any atom is 0.194 e. The number of imidazole rings is 1. The molecule has 1 N–H and O–H groups in total. The molecule has 102 valence electrons. The zero-order valence-corrected chi connectivity index (χ0v) is 13.5. The normalized spacial score (nSPS) is 14.4. The highest BCUT2D eigenvalue weighted by Crippen LogP contribution is 2.14. The monoisotopic (exact) mass is 371 g/mol. The minimum Gasteiger partial charge on any atom is -0.349 e. The van der Waals surface area contributed by atoms with Gasteiger partial charge in [-0.3, -0.25) is 4.99 Å². The van der Waals surface area contributed by atoms with Crippen LogP contribution >= 0.6 is 24.0 Å². The Kier molecular flexibility index (Phi) is 4.28. The van der Waals surface area contributed by atoms with Gasteiger partial charge in [-0.05, 0) is 12.1 Å². The zero-order valence-electron chi connectivity index (χ0n) is 11.1. The van der Waals surface area contributed by atoms with Crippen molar-refractivity contribution in [2.24, 2.45) is 12.0 Å². The molecule has 1 aliphatic heterocycles. The Bertz CT molecular complexity index is 604. The summed E-state index contributed by atoms with van der Waals surface area (Å²) < 4.78 is 2.12. The molecular weight excluding hydrogens is 353 g/mol. The molecule has 19 heavy (non-hydrogen) atoms. The van der Waals surface area contributed by atoms with E-state index in [2.05, 4.69) is 30.8 Å². The Hall–Kier alpha value is -1.31. The van der Waals surface area contributed by atoms with Gasteiger partial charge in [0, 0.05) is 20.6 Å². The molecule has 0 unspecified atom stereocenters. The lowest BCUT2D eigenvalue weighted by atomic mass is 10.3. The van der Waals surface area contributed by atoms with E-state index < -0.39 is 0 Å². The fraction of sp³-hybridized carbons (Fsp3) is 0.385. The van der Waals surface area contributed by atoms with Crippen molar-refractivity contribution in [2.45, 2.75) is 6.54 Å². The van der Waals surface area contributed by atoms with Crippen molar-refractivity contribution in [1.29, 1.82) is 0 Å².